The Kier molecular flexibility index (Phi) is 3.33. The van der Waals surface area contributed by atoms with E-state index in [0.29, 0.717) is 23.2 Å². The lowest BCUT2D eigenvalue weighted by Gasteiger charge is -2.27. The maximum atomic E-state index is 9.18. The van der Waals surface area contributed by atoms with E-state index in [1.165, 1.54) is 0 Å². The van der Waals surface area contributed by atoms with Gasteiger partial charge in [-0.3, -0.25) is 4.68 Å². The van der Waals surface area contributed by atoms with Crippen LogP contribution < -0.4 is 5.73 Å². The molecule has 0 bridgehead atoms. The minimum absolute atomic E-state index is 0.288. The van der Waals surface area contributed by atoms with E-state index in [9.17, 15) is 5.11 Å². The molecule has 1 aliphatic carbocycles. The Labute approximate surface area is 117 Å². The molecule has 3 N–H and O–H groups in total. The number of nitrogens with zero attached hydrogens (tertiary/aromatic N) is 3. The lowest BCUT2D eigenvalue weighted by molar-refractivity contribution is 0.165. The average Bonchev–Trinajstić information content (AvgIpc) is 2.89. The van der Waals surface area contributed by atoms with E-state index in [2.05, 4.69) is 11.2 Å². The number of aliphatic hydroxyl groups is 1. The number of rotatable bonds is 2. The molecule has 20 heavy (non-hydrogen) atoms. The molecule has 1 aromatic carbocycles. The number of aliphatic hydroxyl groups excluding tert-OH is 1. The molecule has 0 atom stereocenters. The summed E-state index contributed by atoms with van der Waals surface area (Å²) in [4.78, 5) is 0. The molecule has 1 heterocycles. The van der Waals surface area contributed by atoms with Crippen molar-refractivity contribution in [3.05, 3.63) is 23.9 Å². The zero-order valence-electron chi connectivity index (χ0n) is 11.3. The van der Waals surface area contributed by atoms with Crippen LogP contribution in [-0.4, -0.2) is 21.5 Å². The van der Waals surface area contributed by atoms with Crippen LogP contribution in [0.15, 0.2) is 18.3 Å². The fourth-order valence-electron chi connectivity index (χ4n) is 2.98. The number of nitrogens with two attached hydrogens (primary N) is 1. The van der Waals surface area contributed by atoms with Crippen LogP contribution >= 0.6 is 0 Å². The van der Waals surface area contributed by atoms with Crippen LogP contribution in [0.2, 0.25) is 0 Å². The Balaban J connectivity index is 1.88. The Morgan fingerprint density at radius 2 is 2.10 bits per heavy atom. The van der Waals surface area contributed by atoms with E-state index in [1.807, 2.05) is 16.9 Å². The Hall–Kier alpha value is -2.06. The number of benzene rings is 1. The van der Waals surface area contributed by atoms with Gasteiger partial charge in [-0.15, -0.1) is 0 Å². The van der Waals surface area contributed by atoms with E-state index in [0.717, 1.165) is 36.6 Å². The molecule has 5 nitrogen and oxygen atoms in total. The van der Waals surface area contributed by atoms with Gasteiger partial charge in [-0.2, -0.15) is 10.4 Å². The first-order valence-electron chi connectivity index (χ1n) is 7.00. The van der Waals surface area contributed by atoms with Crippen molar-refractivity contribution in [3.8, 4) is 6.07 Å². The minimum Gasteiger partial charge on any atom is -0.398 e. The van der Waals surface area contributed by atoms with E-state index in [4.69, 9.17) is 11.0 Å². The second-order valence-corrected chi connectivity index (χ2v) is 5.58. The van der Waals surface area contributed by atoms with Gasteiger partial charge in [0.2, 0.25) is 0 Å². The van der Waals surface area contributed by atoms with Crippen LogP contribution in [0.4, 0.5) is 5.69 Å². The molecule has 104 valence electrons. The Bertz CT molecular complexity index is 662. The molecule has 0 saturated heterocycles. The summed E-state index contributed by atoms with van der Waals surface area (Å²) in [6.45, 7) is 0.288. The zero-order chi connectivity index (χ0) is 14.1. The summed E-state index contributed by atoms with van der Waals surface area (Å²) in [5, 5.41) is 23.7. The summed E-state index contributed by atoms with van der Waals surface area (Å²) in [5.41, 5.74) is 7.63. The van der Waals surface area contributed by atoms with Crippen LogP contribution in [-0.2, 0) is 0 Å². The first-order valence-corrected chi connectivity index (χ1v) is 7.00. The highest BCUT2D eigenvalue weighted by molar-refractivity contribution is 5.84. The molecule has 0 amide bonds. The van der Waals surface area contributed by atoms with Crippen molar-refractivity contribution in [1.82, 2.24) is 9.78 Å². The van der Waals surface area contributed by atoms with Gasteiger partial charge in [0, 0.05) is 18.2 Å². The molecular weight excluding hydrogens is 252 g/mol. The van der Waals surface area contributed by atoms with E-state index in [1.54, 1.807) is 6.07 Å². The zero-order valence-corrected chi connectivity index (χ0v) is 11.3. The largest absolute Gasteiger partial charge is 0.398 e. The monoisotopic (exact) mass is 270 g/mol. The highest BCUT2D eigenvalue weighted by Gasteiger charge is 2.22. The second kappa shape index (κ2) is 5.14. The van der Waals surface area contributed by atoms with Crippen LogP contribution in [0.5, 0.6) is 0 Å². The van der Waals surface area contributed by atoms with Gasteiger partial charge in [0.05, 0.1) is 22.8 Å². The summed E-state index contributed by atoms with van der Waals surface area (Å²) in [6, 6.07) is 6.04. The smallest absolute Gasteiger partial charge is 0.101 e. The van der Waals surface area contributed by atoms with Gasteiger partial charge >= 0.3 is 0 Å². The van der Waals surface area contributed by atoms with Crippen LogP contribution in [0.25, 0.3) is 10.9 Å². The van der Waals surface area contributed by atoms with Crippen molar-refractivity contribution in [1.29, 1.82) is 5.26 Å². The molecule has 0 unspecified atom stereocenters. The minimum atomic E-state index is 0.288. The molecule has 0 spiro atoms. The van der Waals surface area contributed by atoms with Gasteiger partial charge in [-0.25, -0.2) is 0 Å². The predicted octanol–water partition coefficient (Wildman–Crippen LogP) is 2.21. The van der Waals surface area contributed by atoms with Crippen molar-refractivity contribution < 1.29 is 5.11 Å². The quantitative estimate of drug-likeness (QED) is 0.819. The van der Waals surface area contributed by atoms with Crippen LogP contribution in [0.3, 0.4) is 0 Å². The summed E-state index contributed by atoms with van der Waals surface area (Å²) in [7, 11) is 0. The van der Waals surface area contributed by atoms with Crippen molar-refractivity contribution in [2.45, 2.75) is 31.7 Å². The number of nitriles is 1. The highest BCUT2D eigenvalue weighted by Crippen LogP contribution is 2.32. The van der Waals surface area contributed by atoms with Crippen molar-refractivity contribution in [2.75, 3.05) is 12.3 Å². The first-order chi connectivity index (χ1) is 9.71. The van der Waals surface area contributed by atoms with Crippen molar-refractivity contribution >= 4 is 16.6 Å². The van der Waals surface area contributed by atoms with Gasteiger partial charge in [0.15, 0.2) is 0 Å². The third-order valence-corrected chi connectivity index (χ3v) is 4.26. The summed E-state index contributed by atoms with van der Waals surface area (Å²) >= 11 is 0. The summed E-state index contributed by atoms with van der Waals surface area (Å²) < 4.78 is 2.00. The SMILES string of the molecule is N#Cc1cc2nn([C@H]3CC[C@H](CO)CC3)cc2cc1N. The number of aromatic nitrogens is 2. The number of nitrogen functional groups attached to an aromatic ring is 1. The van der Waals surface area contributed by atoms with Crippen LogP contribution in [0, 0.1) is 17.2 Å². The lowest BCUT2D eigenvalue weighted by Crippen LogP contribution is -2.20. The second-order valence-electron chi connectivity index (χ2n) is 5.58. The molecule has 2 aromatic rings. The summed E-state index contributed by atoms with van der Waals surface area (Å²) in [5.74, 6) is 0.442. The van der Waals surface area contributed by atoms with E-state index in [-0.39, 0.29) is 6.61 Å². The molecule has 1 fully saturated rings. The van der Waals surface area contributed by atoms with Gasteiger partial charge in [-0.1, -0.05) is 0 Å². The van der Waals surface area contributed by atoms with Gasteiger partial charge in [0.1, 0.15) is 6.07 Å². The molecule has 3 rings (SSSR count). The molecule has 0 aliphatic heterocycles. The third kappa shape index (κ3) is 2.23. The highest BCUT2D eigenvalue weighted by atomic mass is 16.3. The molecule has 1 aromatic heterocycles. The standard InChI is InChI=1S/C15H18N4O/c16-7-11-6-15-12(5-14(11)17)8-19(18-15)13-3-1-10(9-20)2-4-13/h5-6,8,10,13,20H,1-4,9,17H2/t10-,13-. The molecule has 5 heteroatoms. The Morgan fingerprint density at radius 3 is 2.75 bits per heavy atom. The van der Waals surface area contributed by atoms with Gasteiger partial charge < -0.3 is 10.8 Å². The van der Waals surface area contributed by atoms with Gasteiger partial charge in [-0.05, 0) is 43.7 Å². The number of anilines is 1. The van der Waals surface area contributed by atoms with Crippen molar-refractivity contribution in [2.24, 2.45) is 5.92 Å². The molecular formula is C15H18N4O. The number of hydrogen-bond acceptors (Lipinski definition) is 4. The Morgan fingerprint density at radius 1 is 1.35 bits per heavy atom. The predicted molar refractivity (Wildman–Crippen MR) is 76.9 cm³/mol. The third-order valence-electron chi connectivity index (χ3n) is 4.26. The first kappa shape index (κ1) is 12.9. The molecule has 0 radical (unpaired) electrons. The van der Waals surface area contributed by atoms with E-state index < -0.39 is 0 Å². The maximum absolute atomic E-state index is 9.18. The topological polar surface area (TPSA) is 87.9 Å². The van der Waals surface area contributed by atoms with E-state index >= 15 is 0 Å². The molecule has 1 aliphatic rings. The average molecular weight is 270 g/mol. The van der Waals surface area contributed by atoms with Crippen LogP contribution in [0.1, 0.15) is 37.3 Å². The van der Waals surface area contributed by atoms with Gasteiger partial charge in [0.25, 0.3) is 0 Å². The fraction of sp³-hybridized carbons (Fsp3) is 0.467. The maximum Gasteiger partial charge on any atom is 0.101 e. The number of fused-ring (bicyclic) bond motifs is 1. The molecule has 1 saturated carbocycles. The normalized spacial score (nSPS) is 22.8. The van der Waals surface area contributed by atoms with Crippen molar-refractivity contribution in [3.63, 3.8) is 0 Å². The fourth-order valence-corrected chi connectivity index (χ4v) is 2.98. The number of hydrogen-bond donors (Lipinski definition) is 2. The lowest BCUT2D eigenvalue weighted by atomic mass is 9.87. The summed E-state index contributed by atoms with van der Waals surface area (Å²) in [6.07, 6.45) is 6.18.